The summed E-state index contributed by atoms with van der Waals surface area (Å²) in [5.41, 5.74) is 3.01. The molecule has 0 bridgehead atoms. The molecule has 122 valence electrons. The van der Waals surface area contributed by atoms with Crippen molar-refractivity contribution in [1.29, 1.82) is 0 Å². The third kappa shape index (κ3) is 3.41. The lowest BCUT2D eigenvalue weighted by Gasteiger charge is -2.16. The van der Waals surface area contributed by atoms with Gasteiger partial charge in [0.25, 0.3) is 5.91 Å². The number of esters is 1. The second-order valence-electron chi connectivity index (χ2n) is 5.49. The van der Waals surface area contributed by atoms with Crippen molar-refractivity contribution < 1.29 is 14.3 Å². The predicted molar refractivity (Wildman–Crippen MR) is 95.1 cm³/mol. The van der Waals surface area contributed by atoms with E-state index in [-0.39, 0.29) is 31.4 Å². The quantitative estimate of drug-likeness (QED) is 0.730. The Bertz CT molecular complexity index is 764. The van der Waals surface area contributed by atoms with Crippen molar-refractivity contribution in [1.82, 2.24) is 4.90 Å². The van der Waals surface area contributed by atoms with Crippen molar-refractivity contribution in [2.24, 2.45) is 0 Å². The van der Waals surface area contributed by atoms with Crippen LogP contribution in [-0.4, -0.2) is 23.3 Å². The third-order valence-corrected chi connectivity index (χ3v) is 4.42. The fourth-order valence-corrected chi connectivity index (χ4v) is 2.86. The van der Waals surface area contributed by atoms with E-state index < -0.39 is 0 Å². The maximum atomic E-state index is 12.3. The summed E-state index contributed by atoms with van der Waals surface area (Å²) in [6.45, 7) is 4.45. The summed E-state index contributed by atoms with van der Waals surface area (Å²) in [5, 5.41) is 0. The molecule has 5 heteroatoms. The van der Waals surface area contributed by atoms with Crippen molar-refractivity contribution in [2.75, 3.05) is 6.54 Å². The molecule has 0 fully saturated rings. The maximum Gasteiger partial charge on any atom is 0.307 e. The van der Waals surface area contributed by atoms with Gasteiger partial charge in [0, 0.05) is 27.8 Å². The minimum Gasteiger partial charge on any atom is -0.461 e. The second kappa shape index (κ2) is 7.01. The van der Waals surface area contributed by atoms with E-state index in [1.54, 1.807) is 6.07 Å². The number of fused-ring (bicyclic) bond motifs is 1. The van der Waals surface area contributed by atoms with E-state index >= 15 is 0 Å². The van der Waals surface area contributed by atoms with Crippen molar-refractivity contribution in [2.45, 2.75) is 13.0 Å². The molecule has 0 radical (unpaired) electrons. The summed E-state index contributed by atoms with van der Waals surface area (Å²) >= 11 is 3.36. The van der Waals surface area contributed by atoms with Gasteiger partial charge in [-0.15, -0.1) is 0 Å². The van der Waals surface area contributed by atoms with Crippen molar-refractivity contribution in [3.63, 3.8) is 0 Å². The Morgan fingerprint density at radius 1 is 1.08 bits per heavy atom. The molecule has 0 atom stereocenters. The summed E-state index contributed by atoms with van der Waals surface area (Å²) in [4.78, 5) is 25.8. The monoisotopic (exact) mass is 385 g/mol. The molecule has 0 N–H and O–H groups in total. The zero-order chi connectivity index (χ0) is 17.1. The zero-order valence-corrected chi connectivity index (χ0v) is 14.6. The van der Waals surface area contributed by atoms with E-state index in [0.717, 1.165) is 15.6 Å². The average molecular weight is 386 g/mol. The van der Waals surface area contributed by atoms with Crippen LogP contribution in [0, 0.1) is 0 Å². The minimum atomic E-state index is -0.338. The van der Waals surface area contributed by atoms with Crippen LogP contribution in [0.15, 0.2) is 59.6 Å². The van der Waals surface area contributed by atoms with Gasteiger partial charge < -0.3 is 9.64 Å². The molecule has 1 heterocycles. The maximum absolute atomic E-state index is 12.3. The molecule has 0 saturated carbocycles. The van der Waals surface area contributed by atoms with Crippen LogP contribution in [0.2, 0.25) is 0 Å². The standard InChI is InChI=1S/C19H16BrNO3/c1-13-16-4-2-3-5-17(16)19(23)21(13)11-10-18(22)24-12-14-6-8-15(20)9-7-14/h2-9H,1,10-12H2. The molecule has 0 unspecified atom stereocenters. The number of amides is 1. The molecule has 2 aromatic carbocycles. The van der Waals surface area contributed by atoms with Crippen LogP contribution in [0.3, 0.4) is 0 Å². The van der Waals surface area contributed by atoms with E-state index in [2.05, 4.69) is 22.5 Å². The van der Waals surface area contributed by atoms with Gasteiger partial charge in [-0.25, -0.2) is 0 Å². The Balaban J connectivity index is 1.53. The van der Waals surface area contributed by atoms with E-state index in [9.17, 15) is 9.59 Å². The van der Waals surface area contributed by atoms with Gasteiger partial charge in [0.1, 0.15) is 6.61 Å². The lowest BCUT2D eigenvalue weighted by molar-refractivity contribution is -0.145. The number of carbonyl (C=O) groups excluding carboxylic acids is 2. The van der Waals surface area contributed by atoms with Crippen LogP contribution in [-0.2, 0) is 16.1 Å². The van der Waals surface area contributed by atoms with E-state index in [1.165, 1.54) is 4.90 Å². The van der Waals surface area contributed by atoms with Gasteiger partial charge in [-0.3, -0.25) is 9.59 Å². The van der Waals surface area contributed by atoms with Crippen LogP contribution in [0.1, 0.15) is 27.9 Å². The van der Waals surface area contributed by atoms with Crippen molar-refractivity contribution in [3.05, 3.63) is 76.3 Å². The summed E-state index contributed by atoms with van der Waals surface area (Å²) in [6.07, 6.45) is 0.134. The first-order chi connectivity index (χ1) is 11.6. The molecule has 1 amide bonds. The molecule has 0 spiro atoms. The molecule has 3 rings (SSSR count). The van der Waals surface area contributed by atoms with Gasteiger partial charge in [0.15, 0.2) is 0 Å². The Morgan fingerprint density at radius 3 is 2.42 bits per heavy atom. The Hall–Kier alpha value is -2.40. The Morgan fingerprint density at radius 2 is 1.75 bits per heavy atom. The molecular formula is C19H16BrNO3. The molecule has 2 aromatic rings. The topological polar surface area (TPSA) is 46.6 Å². The largest absolute Gasteiger partial charge is 0.461 e. The number of hydrogen-bond acceptors (Lipinski definition) is 3. The smallest absolute Gasteiger partial charge is 0.307 e. The van der Waals surface area contributed by atoms with Gasteiger partial charge in [-0.2, -0.15) is 0 Å². The lowest BCUT2D eigenvalue weighted by Crippen LogP contribution is -2.26. The highest BCUT2D eigenvalue weighted by molar-refractivity contribution is 9.10. The second-order valence-corrected chi connectivity index (χ2v) is 6.40. The molecule has 24 heavy (non-hydrogen) atoms. The van der Waals surface area contributed by atoms with Gasteiger partial charge in [0.05, 0.1) is 6.42 Å². The molecule has 0 aliphatic carbocycles. The molecule has 0 aromatic heterocycles. The summed E-state index contributed by atoms with van der Waals surface area (Å²) in [5.74, 6) is -0.453. The highest BCUT2D eigenvalue weighted by Crippen LogP contribution is 2.31. The summed E-state index contributed by atoms with van der Waals surface area (Å²) in [6, 6.07) is 14.9. The van der Waals surface area contributed by atoms with Gasteiger partial charge in [-0.05, 0) is 23.8 Å². The summed E-state index contributed by atoms with van der Waals surface area (Å²) in [7, 11) is 0. The van der Waals surface area contributed by atoms with Gasteiger partial charge >= 0.3 is 5.97 Å². The number of carbonyl (C=O) groups is 2. The first-order valence-electron chi connectivity index (χ1n) is 7.56. The SMILES string of the molecule is C=C1c2ccccc2C(=O)N1CCC(=O)OCc1ccc(Br)cc1. The zero-order valence-electron chi connectivity index (χ0n) is 13.0. The van der Waals surface area contributed by atoms with Crippen LogP contribution in [0.25, 0.3) is 5.70 Å². The number of benzene rings is 2. The number of halogens is 1. The van der Waals surface area contributed by atoms with Crippen LogP contribution in [0.4, 0.5) is 0 Å². The molecule has 0 saturated heterocycles. The summed E-state index contributed by atoms with van der Waals surface area (Å²) < 4.78 is 6.23. The fourth-order valence-electron chi connectivity index (χ4n) is 2.59. The Labute approximate surface area is 148 Å². The Kier molecular flexibility index (Phi) is 4.81. The number of nitrogens with zero attached hydrogens (tertiary/aromatic N) is 1. The number of hydrogen-bond donors (Lipinski definition) is 0. The highest BCUT2D eigenvalue weighted by atomic mass is 79.9. The minimum absolute atomic E-state index is 0.115. The third-order valence-electron chi connectivity index (χ3n) is 3.89. The molecule has 1 aliphatic heterocycles. The molecule has 4 nitrogen and oxygen atoms in total. The van der Waals surface area contributed by atoms with E-state index in [1.807, 2.05) is 42.5 Å². The van der Waals surface area contributed by atoms with Crippen molar-refractivity contribution >= 4 is 33.5 Å². The van der Waals surface area contributed by atoms with Gasteiger partial charge in [0.2, 0.25) is 0 Å². The van der Waals surface area contributed by atoms with Crippen LogP contribution in [0.5, 0.6) is 0 Å². The first kappa shape index (κ1) is 16.5. The highest BCUT2D eigenvalue weighted by Gasteiger charge is 2.30. The normalized spacial score (nSPS) is 13.1. The van der Waals surface area contributed by atoms with E-state index in [4.69, 9.17) is 4.74 Å². The molecule has 1 aliphatic rings. The first-order valence-corrected chi connectivity index (χ1v) is 8.36. The predicted octanol–water partition coefficient (Wildman–Crippen LogP) is 4.01. The number of rotatable bonds is 5. The average Bonchev–Trinajstić information content (AvgIpc) is 2.84. The number of ether oxygens (including phenoxy) is 1. The van der Waals surface area contributed by atoms with Gasteiger partial charge in [-0.1, -0.05) is 52.8 Å². The van der Waals surface area contributed by atoms with E-state index in [0.29, 0.717) is 11.3 Å². The van der Waals surface area contributed by atoms with Crippen LogP contribution >= 0.6 is 15.9 Å². The molecular weight excluding hydrogens is 370 g/mol. The lowest BCUT2D eigenvalue weighted by atomic mass is 10.1. The van der Waals surface area contributed by atoms with Crippen molar-refractivity contribution in [3.8, 4) is 0 Å². The van der Waals surface area contributed by atoms with Crippen LogP contribution < -0.4 is 0 Å². The fraction of sp³-hybridized carbons (Fsp3) is 0.158.